The Labute approximate surface area is 280 Å². The lowest BCUT2D eigenvalue weighted by Gasteiger charge is -2.64. The first-order chi connectivity index (χ1) is 22.8. The van der Waals surface area contributed by atoms with Crippen molar-refractivity contribution in [2.24, 2.45) is 5.92 Å². The molecule has 1 saturated heterocycles. The van der Waals surface area contributed by atoms with Gasteiger partial charge < -0.3 is 39.7 Å². The molecule has 2 bridgehead atoms. The number of aliphatic hydroxyl groups is 1. The van der Waals surface area contributed by atoms with Crippen LogP contribution in [0.3, 0.4) is 0 Å². The van der Waals surface area contributed by atoms with Crippen molar-refractivity contribution in [3.05, 3.63) is 53.1 Å². The molecule has 3 amide bonds. The highest BCUT2D eigenvalue weighted by Crippen LogP contribution is 2.66. The predicted octanol–water partition coefficient (Wildman–Crippen LogP) is 1.33. The largest absolute Gasteiger partial charge is 0.872 e. The Bertz CT molecular complexity index is 1660. The van der Waals surface area contributed by atoms with Crippen molar-refractivity contribution in [1.29, 1.82) is 0 Å². The number of hydrogen-bond donors (Lipinski definition) is 3. The van der Waals surface area contributed by atoms with Crippen LogP contribution in [0.1, 0.15) is 55.7 Å². The molecule has 256 valence electrons. The molecule has 0 aromatic heterocycles. The molecule has 3 fully saturated rings. The van der Waals surface area contributed by atoms with Crippen LogP contribution in [0.25, 0.3) is 0 Å². The molecule has 3 N–H and O–H groups in total. The summed E-state index contributed by atoms with van der Waals surface area (Å²) in [5.74, 6) is 0.318. The van der Waals surface area contributed by atoms with E-state index in [-0.39, 0.29) is 55.2 Å². The van der Waals surface area contributed by atoms with Crippen molar-refractivity contribution in [3.63, 3.8) is 0 Å². The number of benzene rings is 2. The molecular weight excluding hydrogens is 616 g/mol. The van der Waals surface area contributed by atoms with Gasteiger partial charge in [0, 0.05) is 64.2 Å². The molecule has 2 aliphatic heterocycles. The SMILES string of the molecule is CC(=O)N[C@@H](Cc1ccc([O-])cc1)C(=O)NCCN(C)C(=O)Oc1ccc2c3c1O[C@H]1C(=O)CC[C@@]4(O)[C@@H](C2)[N+](C)(CC2CC2)CC[C@]314. The van der Waals surface area contributed by atoms with Crippen molar-refractivity contribution in [2.45, 2.75) is 81.1 Å². The highest BCUT2D eigenvalue weighted by Gasteiger charge is 2.76. The van der Waals surface area contributed by atoms with Gasteiger partial charge in [0.25, 0.3) is 0 Å². The predicted molar refractivity (Wildman–Crippen MR) is 171 cm³/mol. The number of likely N-dealkylation sites (N-methyl/N-ethyl adjacent to an activating group) is 2. The molecule has 2 aromatic rings. The summed E-state index contributed by atoms with van der Waals surface area (Å²) in [6.07, 6.45) is 3.15. The van der Waals surface area contributed by atoms with Crippen LogP contribution in [0.5, 0.6) is 17.2 Å². The molecule has 5 aliphatic rings. The van der Waals surface area contributed by atoms with Crippen LogP contribution in [-0.4, -0.2) is 102 Å². The van der Waals surface area contributed by atoms with Gasteiger partial charge in [-0.25, -0.2) is 4.79 Å². The molecule has 2 saturated carbocycles. The second kappa shape index (κ2) is 11.8. The van der Waals surface area contributed by atoms with Crippen molar-refractivity contribution in [1.82, 2.24) is 15.5 Å². The van der Waals surface area contributed by atoms with Crippen LogP contribution in [0, 0.1) is 5.92 Å². The lowest BCUT2D eigenvalue weighted by molar-refractivity contribution is -0.950. The van der Waals surface area contributed by atoms with Gasteiger partial charge in [0.15, 0.2) is 23.4 Å². The highest BCUT2D eigenvalue weighted by molar-refractivity contribution is 5.90. The van der Waals surface area contributed by atoms with Gasteiger partial charge in [0.2, 0.25) is 11.8 Å². The number of piperidine rings is 1. The zero-order chi connectivity index (χ0) is 34.0. The summed E-state index contributed by atoms with van der Waals surface area (Å²) in [5, 5.41) is 29.5. The molecule has 6 atom stereocenters. The average Bonchev–Trinajstić information content (AvgIpc) is 3.77. The summed E-state index contributed by atoms with van der Waals surface area (Å²) in [7, 11) is 3.82. The summed E-state index contributed by atoms with van der Waals surface area (Å²) >= 11 is 0. The second-order valence-corrected chi connectivity index (χ2v) is 14.8. The quantitative estimate of drug-likeness (QED) is 0.323. The molecule has 2 heterocycles. The minimum absolute atomic E-state index is 0.0223. The second-order valence-electron chi connectivity index (χ2n) is 14.8. The third-order valence-corrected chi connectivity index (χ3v) is 11.6. The summed E-state index contributed by atoms with van der Waals surface area (Å²) in [6, 6.07) is 8.83. The van der Waals surface area contributed by atoms with Crippen LogP contribution in [-0.2, 0) is 32.6 Å². The Morgan fingerprint density at radius 3 is 2.62 bits per heavy atom. The minimum atomic E-state index is -1.10. The van der Waals surface area contributed by atoms with Crippen LogP contribution in [0.2, 0.25) is 0 Å². The van der Waals surface area contributed by atoms with Crippen molar-refractivity contribution < 1.29 is 43.3 Å². The molecule has 12 nitrogen and oxygen atoms in total. The monoisotopic (exact) mass is 660 g/mol. The number of hydrogen-bond acceptors (Lipinski definition) is 8. The van der Waals surface area contributed by atoms with E-state index in [0.29, 0.717) is 30.9 Å². The number of ether oxygens (including phenoxy) is 2. The summed E-state index contributed by atoms with van der Waals surface area (Å²) in [4.78, 5) is 52.7. The molecule has 0 radical (unpaired) electrons. The maximum absolute atomic E-state index is 13.4. The van der Waals surface area contributed by atoms with Gasteiger partial charge in [0.05, 0.1) is 25.6 Å². The molecule has 1 unspecified atom stereocenters. The Balaban J connectivity index is 1.04. The number of likely N-dealkylation sites (tertiary alicyclic amines) is 1. The number of ketones is 1. The zero-order valence-electron chi connectivity index (χ0n) is 27.8. The molecular formula is C36H44N4O8. The first-order valence-electron chi connectivity index (χ1n) is 17.0. The first kappa shape index (κ1) is 32.4. The summed E-state index contributed by atoms with van der Waals surface area (Å²) < 4.78 is 13.1. The van der Waals surface area contributed by atoms with Gasteiger partial charge in [-0.1, -0.05) is 30.3 Å². The number of Topliss-reactive ketones (excluding diaryl/α,β-unsaturated/α-hetero) is 1. The van der Waals surface area contributed by atoms with E-state index in [2.05, 4.69) is 17.7 Å². The lowest BCUT2D eigenvalue weighted by Crippen LogP contribution is -2.80. The van der Waals surface area contributed by atoms with Gasteiger partial charge in [-0.2, -0.15) is 0 Å². The fourth-order valence-corrected chi connectivity index (χ4v) is 9.06. The molecule has 3 aliphatic carbocycles. The molecule has 7 rings (SSSR count). The normalized spacial score (nSPS) is 30.0. The van der Waals surface area contributed by atoms with Gasteiger partial charge >= 0.3 is 6.09 Å². The number of carbonyl (C=O) groups excluding carboxylic acids is 4. The van der Waals surface area contributed by atoms with Gasteiger partial charge in [-0.3, -0.25) is 14.4 Å². The van der Waals surface area contributed by atoms with E-state index in [1.165, 1.54) is 36.8 Å². The minimum Gasteiger partial charge on any atom is -0.872 e. The number of nitrogens with one attached hydrogen (secondary N) is 2. The number of carbonyl (C=O) groups is 4. The van der Waals surface area contributed by atoms with Crippen LogP contribution >= 0.6 is 0 Å². The molecule has 2 aromatic carbocycles. The van der Waals surface area contributed by atoms with Gasteiger partial charge in [-0.05, 0) is 36.5 Å². The molecule has 48 heavy (non-hydrogen) atoms. The van der Waals surface area contributed by atoms with E-state index in [0.717, 1.165) is 34.3 Å². The van der Waals surface area contributed by atoms with Crippen molar-refractivity contribution in [2.75, 3.05) is 40.3 Å². The number of quaternary nitrogens is 1. The Morgan fingerprint density at radius 2 is 1.92 bits per heavy atom. The van der Waals surface area contributed by atoms with Crippen LogP contribution < -0.4 is 25.2 Å². The van der Waals surface area contributed by atoms with E-state index in [4.69, 9.17) is 9.47 Å². The van der Waals surface area contributed by atoms with E-state index in [1.807, 2.05) is 6.07 Å². The number of rotatable bonds is 10. The van der Waals surface area contributed by atoms with E-state index >= 15 is 0 Å². The Morgan fingerprint density at radius 1 is 1.17 bits per heavy atom. The Kier molecular flexibility index (Phi) is 7.94. The highest BCUT2D eigenvalue weighted by atomic mass is 16.6. The van der Waals surface area contributed by atoms with Gasteiger partial charge in [-0.15, -0.1) is 5.75 Å². The fourth-order valence-electron chi connectivity index (χ4n) is 9.06. The third kappa shape index (κ3) is 5.29. The average molecular weight is 661 g/mol. The van der Waals surface area contributed by atoms with Crippen LogP contribution in [0.15, 0.2) is 36.4 Å². The lowest BCUT2D eigenvalue weighted by atomic mass is 9.48. The maximum Gasteiger partial charge on any atom is 0.415 e. The number of nitrogens with zero attached hydrogens (tertiary/aromatic N) is 2. The summed E-state index contributed by atoms with van der Waals surface area (Å²) in [6.45, 7) is 3.43. The first-order valence-corrected chi connectivity index (χ1v) is 17.0. The van der Waals surface area contributed by atoms with E-state index in [1.54, 1.807) is 25.2 Å². The molecule has 12 heteroatoms. The van der Waals surface area contributed by atoms with Crippen molar-refractivity contribution in [3.8, 4) is 17.2 Å². The van der Waals surface area contributed by atoms with E-state index in [9.17, 15) is 29.4 Å². The Hall–Kier alpha value is -4.16. The van der Waals surface area contributed by atoms with Crippen molar-refractivity contribution >= 4 is 23.7 Å². The fraction of sp³-hybridized carbons (Fsp3) is 0.556. The summed E-state index contributed by atoms with van der Waals surface area (Å²) in [5.41, 5.74) is 0.630. The molecule has 1 spiro atoms. The van der Waals surface area contributed by atoms with Crippen LogP contribution in [0.4, 0.5) is 4.79 Å². The smallest absolute Gasteiger partial charge is 0.415 e. The van der Waals surface area contributed by atoms with Gasteiger partial charge in [0.1, 0.15) is 17.7 Å². The standard InChI is InChI=1S/C36H44N4O8/c1-21(41)38-26(18-22-6-9-25(42)10-7-22)33(44)37-15-16-39(2)34(45)47-28-11-8-24-19-29-36(46)13-12-27(43)32-35(36,30(24)31(28)48-32)14-17-40(29,3)20-23-4-5-23/h6-11,23,26,29,32,46H,4-5,12-20H2,1-3H3,(H2-,37,38,41,42,44)/t26-,29+,32-,35-,36+,40?/m0/s1. The zero-order valence-corrected chi connectivity index (χ0v) is 27.8. The topological polar surface area (TPSA) is 157 Å². The third-order valence-electron chi connectivity index (χ3n) is 11.6. The van der Waals surface area contributed by atoms with E-state index < -0.39 is 35.2 Å². The maximum atomic E-state index is 13.4. The number of amides is 3.